The van der Waals surface area contributed by atoms with Gasteiger partial charge >= 0.3 is 0 Å². The van der Waals surface area contributed by atoms with Crippen LogP contribution in [0.2, 0.25) is 0 Å². The van der Waals surface area contributed by atoms with Crippen LogP contribution in [0, 0.1) is 12.8 Å². The lowest BCUT2D eigenvalue weighted by Crippen LogP contribution is -2.42. The number of aromatic nitrogens is 4. The molecule has 0 spiro atoms. The molecule has 4 heterocycles. The van der Waals surface area contributed by atoms with Gasteiger partial charge < -0.3 is 4.90 Å². The number of thiophene rings is 1. The van der Waals surface area contributed by atoms with E-state index in [9.17, 15) is 4.79 Å². The Morgan fingerprint density at radius 1 is 1.19 bits per heavy atom. The van der Waals surface area contributed by atoms with Crippen LogP contribution in [0.25, 0.3) is 15.9 Å². The first-order chi connectivity index (χ1) is 13.0. The predicted octanol–water partition coefficient (Wildman–Crippen LogP) is 3.79. The van der Waals surface area contributed by atoms with Crippen LogP contribution in [-0.4, -0.2) is 43.0 Å². The summed E-state index contributed by atoms with van der Waals surface area (Å²) in [7, 11) is 0. The second kappa shape index (κ2) is 6.26. The molecule has 0 saturated carbocycles. The van der Waals surface area contributed by atoms with Gasteiger partial charge in [0, 0.05) is 17.5 Å². The number of hydrogen-bond donors (Lipinski definition) is 0. The molecule has 5 rings (SSSR count). The molecule has 2 atom stereocenters. The Hall–Kier alpha value is -2.02. The maximum atomic E-state index is 13.1. The monoisotopic (exact) mass is 383 g/mol. The van der Waals surface area contributed by atoms with E-state index < -0.39 is 0 Å². The molecule has 1 fully saturated rings. The number of carbonyl (C=O) groups is 1. The minimum absolute atomic E-state index is 0.0454. The van der Waals surface area contributed by atoms with E-state index in [0.717, 1.165) is 53.9 Å². The standard InChI is InChI=1S/C20H25N5OS/c1-11-7-8-15-14(10-11)16-18-22-17(20(26)24-9-5-4-6-12(24)2)23-25(18)13(3)21-19(16)27-15/h11-12H,4-10H2,1-3H3/t11-,12-/m0/s1. The number of nitrogens with zero attached hydrogens (tertiary/aromatic N) is 5. The SMILES string of the molecule is Cc1nc2sc3c(c2c2nc(C(=O)N4CCCC[C@@H]4C)nn12)C[C@@H](C)CC3. The summed E-state index contributed by atoms with van der Waals surface area (Å²) in [4.78, 5) is 27.0. The third-order valence-electron chi connectivity index (χ3n) is 6.14. The minimum Gasteiger partial charge on any atom is -0.333 e. The van der Waals surface area contributed by atoms with Crippen LogP contribution < -0.4 is 0 Å². The number of amides is 1. The average Bonchev–Trinajstić information content (AvgIpc) is 3.23. The second-order valence-electron chi connectivity index (χ2n) is 8.21. The van der Waals surface area contributed by atoms with Crippen LogP contribution in [-0.2, 0) is 12.8 Å². The first-order valence-electron chi connectivity index (χ1n) is 10.0. The van der Waals surface area contributed by atoms with Gasteiger partial charge in [-0.3, -0.25) is 4.79 Å². The number of carbonyl (C=O) groups excluding carboxylic acids is 1. The quantitative estimate of drug-likeness (QED) is 0.641. The summed E-state index contributed by atoms with van der Waals surface area (Å²) in [6.07, 6.45) is 6.72. The average molecular weight is 384 g/mol. The fourth-order valence-corrected chi connectivity index (χ4v) is 5.82. The summed E-state index contributed by atoms with van der Waals surface area (Å²) in [5.41, 5.74) is 2.18. The lowest BCUT2D eigenvalue weighted by Gasteiger charge is -2.32. The molecule has 1 aliphatic heterocycles. The maximum Gasteiger partial charge on any atom is 0.293 e. The van der Waals surface area contributed by atoms with Gasteiger partial charge in [0.2, 0.25) is 5.82 Å². The molecule has 2 aliphatic rings. The van der Waals surface area contributed by atoms with Gasteiger partial charge in [-0.05, 0) is 63.9 Å². The Morgan fingerprint density at radius 2 is 2.04 bits per heavy atom. The number of piperidine rings is 1. The molecule has 6 nitrogen and oxygen atoms in total. The number of rotatable bonds is 1. The van der Waals surface area contributed by atoms with Gasteiger partial charge in [-0.25, -0.2) is 9.97 Å². The van der Waals surface area contributed by atoms with Gasteiger partial charge in [0.25, 0.3) is 5.91 Å². The van der Waals surface area contributed by atoms with Crippen molar-refractivity contribution in [1.29, 1.82) is 0 Å². The molecule has 3 aromatic rings. The van der Waals surface area contributed by atoms with Gasteiger partial charge in [0.15, 0.2) is 5.65 Å². The normalized spacial score (nSPS) is 23.1. The topological polar surface area (TPSA) is 63.4 Å². The molecular formula is C20H25N5OS. The van der Waals surface area contributed by atoms with Crippen LogP contribution in [0.15, 0.2) is 0 Å². The Balaban J connectivity index is 1.66. The smallest absolute Gasteiger partial charge is 0.293 e. The molecule has 1 amide bonds. The molecule has 0 radical (unpaired) electrons. The maximum absolute atomic E-state index is 13.1. The number of likely N-dealkylation sites (tertiary alicyclic amines) is 1. The van der Waals surface area contributed by atoms with Crippen molar-refractivity contribution >= 4 is 33.1 Å². The summed E-state index contributed by atoms with van der Waals surface area (Å²) < 4.78 is 1.77. The highest BCUT2D eigenvalue weighted by Crippen LogP contribution is 2.39. The van der Waals surface area contributed by atoms with Crippen molar-refractivity contribution in [1.82, 2.24) is 24.5 Å². The van der Waals surface area contributed by atoms with E-state index in [1.165, 1.54) is 23.3 Å². The minimum atomic E-state index is -0.0454. The zero-order chi connectivity index (χ0) is 18.7. The molecule has 0 unspecified atom stereocenters. The third kappa shape index (κ3) is 2.66. The van der Waals surface area contributed by atoms with Crippen molar-refractivity contribution in [2.75, 3.05) is 6.54 Å². The summed E-state index contributed by atoms with van der Waals surface area (Å²) in [5.74, 6) is 1.73. The van der Waals surface area contributed by atoms with Crippen molar-refractivity contribution in [3.05, 3.63) is 22.1 Å². The molecule has 27 heavy (non-hydrogen) atoms. The van der Waals surface area contributed by atoms with E-state index in [0.29, 0.717) is 11.7 Å². The van der Waals surface area contributed by atoms with Crippen molar-refractivity contribution < 1.29 is 4.79 Å². The van der Waals surface area contributed by atoms with Crippen LogP contribution in [0.3, 0.4) is 0 Å². The summed E-state index contributed by atoms with van der Waals surface area (Å²) in [6, 6.07) is 0.256. The Labute approximate surface area is 162 Å². The van der Waals surface area contributed by atoms with E-state index >= 15 is 0 Å². The number of hydrogen-bond acceptors (Lipinski definition) is 5. The molecule has 1 saturated heterocycles. The Bertz CT molecular complexity index is 1050. The molecule has 1 aliphatic carbocycles. The third-order valence-corrected chi connectivity index (χ3v) is 7.33. The van der Waals surface area contributed by atoms with Gasteiger partial charge in [-0.15, -0.1) is 16.4 Å². The summed E-state index contributed by atoms with van der Waals surface area (Å²) in [6.45, 7) is 7.17. The first kappa shape index (κ1) is 17.1. The highest BCUT2D eigenvalue weighted by Gasteiger charge is 2.29. The van der Waals surface area contributed by atoms with E-state index in [-0.39, 0.29) is 11.9 Å². The van der Waals surface area contributed by atoms with E-state index in [1.54, 1.807) is 15.9 Å². The fourth-order valence-electron chi connectivity index (χ4n) is 4.57. The van der Waals surface area contributed by atoms with E-state index in [2.05, 4.69) is 18.9 Å². The second-order valence-corrected chi connectivity index (χ2v) is 9.29. The fraction of sp³-hybridized carbons (Fsp3) is 0.600. The molecule has 0 aromatic carbocycles. The van der Waals surface area contributed by atoms with Crippen molar-refractivity contribution in [2.24, 2.45) is 5.92 Å². The van der Waals surface area contributed by atoms with Gasteiger partial charge in [0.1, 0.15) is 10.7 Å². The van der Waals surface area contributed by atoms with E-state index in [4.69, 9.17) is 9.97 Å². The Kier molecular flexibility index (Phi) is 3.96. The van der Waals surface area contributed by atoms with Gasteiger partial charge in [-0.2, -0.15) is 4.52 Å². The van der Waals surface area contributed by atoms with Crippen LogP contribution >= 0.6 is 11.3 Å². The first-order valence-corrected chi connectivity index (χ1v) is 10.8. The van der Waals surface area contributed by atoms with Crippen molar-refractivity contribution in [2.45, 2.75) is 65.3 Å². The van der Waals surface area contributed by atoms with Gasteiger partial charge in [0.05, 0.1) is 5.39 Å². The van der Waals surface area contributed by atoms with Crippen molar-refractivity contribution in [3.63, 3.8) is 0 Å². The Morgan fingerprint density at radius 3 is 2.85 bits per heavy atom. The van der Waals surface area contributed by atoms with Crippen LogP contribution in [0.5, 0.6) is 0 Å². The zero-order valence-electron chi connectivity index (χ0n) is 16.2. The highest BCUT2D eigenvalue weighted by molar-refractivity contribution is 7.19. The molecule has 142 valence electrons. The summed E-state index contributed by atoms with van der Waals surface area (Å²) in [5, 5.41) is 5.69. The molecule has 3 aromatic heterocycles. The molecule has 0 bridgehead atoms. The van der Waals surface area contributed by atoms with E-state index in [1.807, 2.05) is 11.8 Å². The number of fused-ring (bicyclic) bond motifs is 5. The zero-order valence-corrected chi connectivity index (χ0v) is 17.0. The van der Waals surface area contributed by atoms with Crippen LogP contribution in [0.1, 0.15) is 66.4 Å². The van der Waals surface area contributed by atoms with Crippen LogP contribution in [0.4, 0.5) is 0 Å². The van der Waals surface area contributed by atoms with Gasteiger partial charge in [-0.1, -0.05) is 6.92 Å². The lowest BCUT2D eigenvalue weighted by molar-refractivity contribution is 0.0623. The molecule has 7 heteroatoms. The molecule has 0 N–H and O–H groups in total. The number of aryl methyl sites for hydroxylation is 2. The lowest BCUT2D eigenvalue weighted by atomic mass is 9.89. The summed E-state index contributed by atoms with van der Waals surface area (Å²) >= 11 is 1.79. The largest absolute Gasteiger partial charge is 0.333 e. The highest BCUT2D eigenvalue weighted by atomic mass is 32.1. The predicted molar refractivity (Wildman–Crippen MR) is 106 cm³/mol. The molecular weight excluding hydrogens is 358 g/mol. The van der Waals surface area contributed by atoms with Crippen molar-refractivity contribution in [3.8, 4) is 0 Å².